The van der Waals surface area contributed by atoms with Crippen molar-refractivity contribution in [2.75, 3.05) is 0 Å². The summed E-state index contributed by atoms with van der Waals surface area (Å²) in [6, 6.07) is 0. The number of fused-ring (bicyclic) bond motifs is 1. The molecule has 0 bridgehead atoms. The van der Waals surface area contributed by atoms with Crippen molar-refractivity contribution in [3.63, 3.8) is 0 Å². The Morgan fingerprint density at radius 3 is 3.00 bits per heavy atom. The third-order valence-corrected chi connectivity index (χ3v) is 3.40. The Labute approximate surface area is 87.6 Å². The highest BCUT2D eigenvalue weighted by Gasteiger charge is 2.49. The predicted molar refractivity (Wildman–Crippen MR) is 50.5 cm³/mol. The van der Waals surface area contributed by atoms with E-state index in [2.05, 4.69) is 0 Å². The number of amides is 1. The van der Waals surface area contributed by atoms with Gasteiger partial charge < -0.3 is 15.6 Å². The molecule has 0 aromatic heterocycles. The maximum atomic E-state index is 11.1. The van der Waals surface area contributed by atoms with Gasteiger partial charge in [-0.25, -0.2) is 0 Å². The van der Waals surface area contributed by atoms with E-state index < -0.39 is 6.10 Å². The number of primary amides is 1. The quantitative estimate of drug-likeness (QED) is 0.622. The van der Waals surface area contributed by atoms with Gasteiger partial charge in [-0.15, -0.1) is 0 Å². The zero-order valence-electron chi connectivity index (χ0n) is 8.39. The van der Waals surface area contributed by atoms with Gasteiger partial charge in [0.05, 0.1) is 12.5 Å². The van der Waals surface area contributed by atoms with Crippen LogP contribution < -0.4 is 5.73 Å². The summed E-state index contributed by atoms with van der Waals surface area (Å²) >= 11 is 0. The van der Waals surface area contributed by atoms with Crippen LogP contribution in [0.5, 0.6) is 0 Å². The third-order valence-electron chi connectivity index (χ3n) is 3.40. The number of esters is 1. The van der Waals surface area contributed by atoms with E-state index in [-0.39, 0.29) is 36.2 Å². The Bertz CT molecular complexity index is 291. The molecular weight excluding hydrogens is 198 g/mol. The third kappa shape index (κ3) is 1.97. The highest BCUT2D eigenvalue weighted by atomic mass is 16.6. The minimum Gasteiger partial charge on any atom is -0.462 e. The predicted octanol–water partition coefficient (Wildman–Crippen LogP) is -0.436. The van der Waals surface area contributed by atoms with Crippen molar-refractivity contribution < 1.29 is 19.4 Å². The molecule has 1 heterocycles. The summed E-state index contributed by atoms with van der Waals surface area (Å²) < 4.78 is 5.08. The van der Waals surface area contributed by atoms with Crippen LogP contribution in [0.25, 0.3) is 0 Å². The van der Waals surface area contributed by atoms with Crippen LogP contribution in [0.15, 0.2) is 0 Å². The van der Waals surface area contributed by atoms with E-state index in [1.54, 1.807) is 0 Å². The van der Waals surface area contributed by atoms with E-state index in [0.29, 0.717) is 19.3 Å². The normalized spacial score (nSPS) is 38.9. The fourth-order valence-corrected chi connectivity index (χ4v) is 2.69. The molecule has 1 saturated heterocycles. The topological polar surface area (TPSA) is 89.6 Å². The molecule has 0 aromatic carbocycles. The molecule has 0 radical (unpaired) electrons. The second kappa shape index (κ2) is 3.81. The number of aliphatic hydroxyl groups is 1. The fourth-order valence-electron chi connectivity index (χ4n) is 2.69. The standard InChI is InChI=1S/C10H15NO4/c11-9(13)2-1-5-6-3-10(14)15-8(6)4-7(5)12/h5-8,12H,1-4H2,(H2,11,13)/t5-,6-,7-,8+/m1/s1. The van der Waals surface area contributed by atoms with Gasteiger partial charge in [-0.05, 0) is 12.3 Å². The number of ether oxygens (including phenoxy) is 1. The largest absolute Gasteiger partial charge is 0.462 e. The van der Waals surface area contributed by atoms with Crippen LogP contribution in [0.2, 0.25) is 0 Å². The summed E-state index contributed by atoms with van der Waals surface area (Å²) in [5.74, 6) is -0.502. The first-order chi connectivity index (χ1) is 7.08. The number of aliphatic hydroxyl groups excluding tert-OH is 1. The SMILES string of the molecule is NC(=O)CC[C@@H]1[C@H]2CC(=O)O[C@H]2C[C@H]1O. The second-order valence-electron chi connectivity index (χ2n) is 4.37. The lowest BCUT2D eigenvalue weighted by molar-refractivity contribution is -0.141. The average Bonchev–Trinajstić information content (AvgIpc) is 2.57. The first-order valence-electron chi connectivity index (χ1n) is 5.24. The summed E-state index contributed by atoms with van der Waals surface area (Å²) in [6.45, 7) is 0. The van der Waals surface area contributed by atoms with E-state index in [1.165, 1.54) is 0 Å². The molecule has 4 atom stereocenters. The van der Waals surface area contributed by atoms with Crippen LogP contribution in [0, 0.1) is 11.8 Å². The Hall–Kier alpha value is -1.10. The minimum atomic E-state index is -0.465. The zero-order chi connectivity index (χ0) is 11.0. The Morgan fingerprint density at radius 2 is 2.33 bits per heavy atom. The van der Waals surface area contributed by atoms with Crippen LogP contribution in [0.4, 0.5) is 0 Å². The fraction of sp³-hybridized carbons (Fsp3) is 0.800. The maximum Gasteiger partial charge on any atom is 0.306 e. The van der Waals surface area contributed by atoms with Gasteiger partial charge >= 0.3 is 5.97 Å². The second-order valence-corrected chi connectivity index (χ2v) is 4.37. The van der Waals surface area contributed by atoms with Crippen LogP contribution in [-0.4, -0.2) is 29.2 Å². The van der Waals surface area contributed by atoms with Gasteiger partial charge in [0.2, 0.25) is 5.91 Å². The highest BCUT2D eigenvalue weighted by molar-refractivity contribution is 5.74. The lowest BCUT2D eigenvalue weighted by Crippen LogP contribution is -2.22. The van der Waals surface area contributed by atoms with Crippen molar-refractivity contribution in [1.82, 2.24) is 0 Å². The average molecular weight is 213 g/mol. The zero-order valence-corrected chi connectivity index (χ0v) is 8.39. The molecule has 0 aromatic rings. The highest BCUT2D eigenvalue weighted by Crippen LogP contribution is 2.43. The molecule has 0 spiro atoms. The molecule has 15 heavy (non-hydrogen) atoms. The van der Waals surface area contributed by atoms with E-state index >= 15 is 0 Å². The molecule has 2 aliphatic rings. The van der Waals surface area contributed by atoms with E-state index in [0.717, 1.165) is 0 Å². The molecule has 1 amide bonds. The van der Waals surface area contributed by atoms with Gasteiger partial charge in [0.15, 0.2) is 0 Å². The number of hydrogen-bond donors (Lipinski definition) is 2. The van der Waals surface area contributed by atoms with Crippen molar-refractivity contribution in [2.45, 2.75) is 37.9 Å². The van der Waals surface area contributed by atoms with Gasteiger partial charge in [-0.3, -0.25) is 9.59 Å². The lowest BCUT2D eigenvalue weighted by atomic mass is 9.88. The maximum absolute atomic E-state index is 11.1. The minimum absolute atomic E-state index is 0.0195. The van der Waals surface area contributed by atoms with Crippen molar-refractivity contribution >= 4 is 11.9 Å². The molecule has 3 N–H and O–H groups in total. The van der Waals surface area contributed by atoms with Crippen LogP contribution in [0.1, 0.15) is 25.7 Å². The van der Waals surface area contributed by atoms with Gasteiger partial charge in [-0.1, -0.05) is 0 Å². The van der Waals surface area contributed by atoms with Crippen molar-refractivity contribution in [3.05, 3.63) is 0 Å². The van der Waals surface area contributed by atoms with Gasteiger partial charge in [0, 0.05) is 18.8 Å². The number of nitrogens with two attached hydrogens (primary N) is 1. The molecule has 1 aliphatic heterocycles. The molecule has 5 heteroatoms. The number of carbonyl (C=O) groups is 2. The molecule has 1 saturated carbocycles. The van der Waals surface area contributed by atoms with Crippen molar-refractivity contribution in [2.24, 2.45) is 17.6 Å². The summed E-state index contributed by atoms with van der Waals surface area (Å²) in [7, 11) is 0. The first kappa shape index (κ1) is 10.4. The summed E-state index contributed by atoms with van der Waals surface area (Å²) in [5, 5.41) is 9.75. The van der Waals surface area contributed by atoms with E-state index in [9.17, 15) is 14.7 Å². The van der Waals surface area contributed by atoms with Crippen LogP contribution in [0.3, 0.4) is 0 Å². The van der Waals surface area contributed by atoms with Crippen LogP contribution >= 0.6 is 0 Å². The van der Waals surface area contributed by atoms with Gasteiger partial charge in [0.1, 0.15) is 6.10 Å². The van der Waals surface area contributed by atoms with Crippen molar-refractivity contribution in [1.29, 1.82) is 0 Å². The molecule has 5 nitrogen and oxygen atoms in total. The molecule has 2 rings (SSSR count). The van der Waals surface area contributed by atoms with Crippen LogP contribution in [-0.2, 0) is 14.3 Å². The Kier molecular flexibility index (Phi) is 2.65. The smallest absolute Gasteiger partial charge is 0.306 e. The Balaban J connectivity index is 1.97. The molecule has 1 aliphatic carbocycles. The van der Waals surface area contributed by atoms with Crippen molar-refractivity contribution in [3.8, 4) is 0 Å². The molecular formula is C10H15NO4. The summed E-state index contributed by atoms with van der Waals surface area (Å²) in [6.07, 6.45) is 1.07. The molecule has 0 unspecified atom stereocenters. The summed E-state index contributed by atoms with van der Waals surface area (Å²) in [4.78, 5) is 21.7. The summed E-state index contributed by atoms with van der Waals surface area (Å²) in [5.41, 5.74) is 5.06. The van der Waals surface area contributed by atoms with Gasteiger partial charge in [0.25, 0.3) is 0 Å². The monoisotopic (exact) mass is 213 g/mol. The van der Waals surface area contributed by atoms with E-state index in [1.807, 2.05) is 0 Å². The number of carbonyl (C=O) groups excluding carboxylic acids is 2. The number of rotatable bonds is 3. The van der Waals surface area contributed by atoms with Gasteiger partial charge in [-0.2, -0.15) is 0 Å². The lowest BCUT2D eigenvalue weighted by Gasteiger charge is -2.17. The first-order valence-corrected chi connectivity index (χ1v) is 5.24. The molecule has 2 fully saturated rings. The Morgan fingerprint density at radius 1 is 1.60 bits per heavy atom. The van der Waals surface area contributed by atoms with E-state index in [4.69, 9.17) is 10.5 Å². The molecule has 84 valence electrons. The number of hydrogen-bond acceptors (Lipinski definition) is 4.